The number of likely N-dealkylation sites (tertiary alicyclic amines) is 1. The maximum Gasteiger partial charge on any atom is 0.253 e. The SMILES string of the molecule is CCCC1CCN(C(=O)c2ccc(F)c(Br)c2)C1. The summed E-state index contributed by atoms with van der Waals surface area (Å²) in [6.45, 7) is 3.82. The third-order valence-corrected chi connectivity index (χ3v) is 4.04. The van der Waals surface area contributed by atoms with Gasteiger partial charge >= 0.3 is 0 Å². The fourth-order valence-electron chi connectivity index (χ4n) is 2.47. The molecule has 1 aliphatic heterocycles. The number of carbonyl (C=O) groups is 1. The van der Waals surface area contributed by atoms with Gasteiger partial charge in [0, 0.05) is 18.7 Å². The van der Waals surface area contributed by atoms with Crippen LogP contribution in [0.4, 0.5) is 4.39 Å². The van der Waals surface area contributed by atoms with E-state index in [4.69, 9.17) is 0 Å². The Morgan fingerprint density at radius 3 is 3.00 bits per heavy atom. The zero-order valence-electron chi connectivity index (χ0n) is 10.5. The van der Waals surface area contributed by atoms with Crippen LogP contribution in [-0.2, 0) is 0 Å². The second-order valence-corrected chi connectivity index (χ2v) is 5.68. The lowest BCUT2D eigenvalue weighted by Gasteiger charge is -2.16. The highest BCUT2D eigenvalue weighted by Crippen LogP contribution is 2.24. The zero-order valence-corrected chi connectivity index (χ0v) is 12.0. The Bertz CT molecular complexity index is 449. The molecule has 1 amide bonds. The molecular formula is C14H17BrFNO. The summed E-state index contributed by atoms with van der Waals surface area (Å²) in [6, 6.07) is 4.44. The van der Waals surface area contributed by atoms with Crippen LogP contribution in [0.2, 0.25) is 0 Å². The molecule has 0 aromatic heterocycles. The Kier molecular flexibility index (Phi) is 4.38. The van der Waals surface area contributed by atoms with Gasteiger partial charge in [0.1, 0.15) is 5.82 Å². The predicted molar refractivity (Wildman–Crippen MR) is 73.0 cm³/mol. The first-order chi connectivity index (χ1) is 8.61. The smallest absolute Gasteiger partial charge is 0.253 e. The summed E-state index contributed by atoms with van der Waals surface area (Å²) in [5.74, 6) is 0.300. The molecular weight excluding hydrogens is 297 g/mol. The standard InChI is InChI=1S/C14H17BrFNO/c1-2-3-10-6-7-17(9-10)14(18)11-4-5-13(16)12(15)8-11/h4-5,8,10H,2-3,6-7,9H2,1H3. The maximum absolute atomic E-state index is 13.1. The van der Waals surface area contributed by atoms with Crippen LogP contribution in [0.3, 0.4) is 0 Å². The first kappa shape index (κ1) is 13.5. The normalized spacial score (nSPS) is 19.3. The topological polar surface area (TPSA) is 20.3 Å². The Labute approximate surface area is 115 Å². The number of halogens is 2. The Morgan fingerprint density at radius 1 is 1.56 bits per heavy atom. The van der Waals surface area contributed by atoms with Crippen LogP contribution in [0.5, 0.6) is 0 Å². The maximum atomic E-state index is 13.1. The van der Waals surface area contributed by atoms with Gasteiger partial charge in [0.25, 0.3) is 5.91 Å². The molecule has 0 aliphatic carbocycles. The lowest BCUT2D eigenvalue weighted by atomic mass is 10.0. The molecule has 1 fully saturated rings. The number of hydrogen-bond donors (Lipinski definition) is 0. The monoisotopic (exact) mass is 313 g/mol. The van der Waals surface area contributed by atoms with Gasteiger partial charge in [-0.3, -0.25) is 4.79 Å². The van der Waals surface area contributed by atoms with Gasteiger partial charge in [-0.25, -0.2) is 4.39 Å². The molecule has 0 bridgehead atoms. The number of rotatable bonds is 3. The summed E-state index contributed by atoms with van der Waals surface area (Å²) in [6.07, 6.45) is 3.42. The largest absolute Gasteiger partial charge is 0.338 e. The number of carbonyl (C=O) groups excluding carboxylic acids is 1. The third kappa shape index (κ3) is 2.91. The quantitative estimate of drug-likeness (QED) is 0.830. The highest BCUT2D eigenvalue weighted by atomic mass is 79.9. The van der Waals surface area contributed by atoms with Crippen molar-refractivity contribution in [3.63, 3.8) is 0 Å². The fourth-order valence-corrected chi connectivity index (χ4v) is 2.85. The average Bonchev–Trinajstić information content (AvgIpc) is 2.81. The van der Waals surface area contributed by atoms with Crippen LogP contribution < -0.4 is 0 Å². The molecule has 2 rings (SSSR count). The molecule has 4 heteroatoms. The van der Waals surface area contributed by atoms with Gasteiger partial charge in [0.15, 0.2) is 0 Å². The van der Waals surface area contributed by atoms with Gasteiger partial charge < -0.3 is 4.90 Å². The first-order valence-electron chi connectivity index (χ1n) is 6.36. The van der Waals surface area contributed by atoms with E-state index in [2.05, 4.69) is 22.9 Å². The van der Waals surface area contributed by atoms with E-state index in [9.17, 15) is 9.18 Å². The molecule has 1 atom stereocenters. The van der Waals surface area contributed by atoms with Gasteiger partial charge in [-0.15, -0.1) is 0 Å². The minimum atomic E-state index is -0.336. The molecule has 1 heterocycles. The summed E-state index contributed by atoms with van der Waals surface area (Å²) in [5, 5.41) is 0. The van der Waals surface area contributed by atoms with Crippen molar-refractivity contribution in [1.82, 2.24) is 4.90 Å². The highest BCUT2D eigenvalue weighted by Gasteiger charge is 2.26. The van der Waals surface area contributed by atoms with Gasteiger partial charge in [-0.1, -0.05) is 13.3 Å². The molecule has 1 aromatic rings. The van der Waals surface area contributed by atoms with Crippen molar-refractivity contribution in [3.8, 4) is 0 Å². The first-order valence-corrected chi connectivity index (χ1v) is 7.15. The summed E-state index contributed by atoms with van der Waals surface area (Å²) in [4.78, 5) is 14.1. The van der Waals surface area contributed by atoms with Crippen LogP contribution in [0, 0.1) is 11.7 Å². The zero-order chi connectivity index (χ0) is 13.1. The van der Waals surface area contributed by atoms with Crippen molar-refractivity contribution in [2.24, 2.45) is 5.92 Å². The molecule has 1 unspecified atom stereocenters. The summed E-state index contributed by atoms with van der Waals surface area (Å²) in [7, 11) is 0. The average molecular weight is 314 g/mol. The van der Waals surface area contributed by atoms with Crippen LogP contribution in [-0.4, -0.2) is 23.9 Å². The molecule has 1 aromatic carbocycles. The van der Waals surface area contributed by atoms with E-state index >= 15 is 0 Å². The van der Waals surface area contributed by atoms with Crippen molar-refractivity contribution in [2.75, 3.05) is 13.1 Å². The molecule has 0 radical (unpaired) electrons. The van der Waals surface area contributed by atoms with E-state index in [-0.39, 0.29) is 11.7 Å². The fraction of sp³-hybridized carbons (Fsp3) is 0.500. The molecule has 18 heavy (non-hydrogen) atoms. The van der Waals surface area contributed by atoms with Gasteiger partial charge in [-0.05, 0) is 52.9 Å². The summed E-state index contributed by atoms with van der Waals surface area (Å²) < 4.78 is 13.5. The van der Waals surface area contributed by atoms with E-state index in [0.717, 1.165) is 25.9 Å². The molecule has 0 N–H and O–H groups in total. The number of amides is 1. The second-order valence-electron chi connectivity index (χ2n) is 4.82. The minimum absolute atomic E-state index is 0.00861. The molecule has 2 nitrogen and oxygen atoms in total. The minimum Gasteiger partial charge on any atom is -0.338 e. The third-order valence-electron chi connectivity index (χ3n) is 3.44. The van der Waals surface area contributed by atoms with E-state index in [1.54, 1.807) is 12.1 Å². The van der Waals surface area contributed by atoms with E-state index in [1.165, 1.54) is 12.5 Å². The van der Waals surface area contributed by atoms with Crippen molar-refractivity contribution >= 4 is 21.8 Å². The summed E-state index contributed by atoms with van der Waals surface area (Å²) in [5.41, 5.74) is 0.556. The van der Waals surface area contributed by atoms with Crippen molar-refractivity contribution < 1.29 is 9.18 Å². The second kappa shape index (κ2) is 5.83. The van der Waals surface area contributed by atoms with E-state index < -0.39 is 0 Å². The Morgan fingerprint density at radius 2 is 2.33 bits per heavy atom. The van der Waals surface area contributed by atoms with E-state index in [1.807, 2.05) is 4.90 Å². The van der Waals surface area contributed by atoms with Gasteiger partial charge in [0.2, 0.25) is 0 Å². The molecule has 0 saturated carbocycles. The Balaban J connectivity index is 2.05. The van der Waals surface area contributed by atoms with Crippen molar-refractivity contribution in [3.05, 3.63) is 34.1 Å². The van der Waals surface area contributed by atoms with Gasteiger partial charge in [-0.2, -0.15) is 0 Å². The molecule has 1 saturated heterocycles. The Hall–Kier alpha value is -0.900. The number of hydrogen-bond acceptors (Lipinski definition) is 1. The van der Waals surface area contributed by atoms with Crippen molar-refractivity contribution in [2.45, 2.75) is 26.2 Å². The van der Waals surface area contributed by atoms with Crippen LogP contribution in [0.25, 0.3) is 0 Å². The van der Waals surface area contributed by atoms with Crippen LogP contribution in [0.15, 0.2) is 22.7 Å². The predicted octanol–water partition coefficient (Wildman–Crippen LogP) is 3.85. The molecule has 0 spiro atoms. The number of nitrogens with zero attached hydrogens (tertiary/aromatic N) is 1. The van der Waals surface area contributed by atoms with Crippen LogP contribution in [0.1, 0.15) is 36.5 Å². The molecule has 1 aliphatic rings. The van der Waals surface area contributed by atoms with Gasteiger partial charge in [0.05, 0.1) is 4.47 Å². The number of benzene rings is 1. The highest BCUT2D eigenvalue weighted by molar-refractivity contribution is 9.10. The van der Waals surface area contributed by atoms with Crippen LogP contribution >= 0.6 is 15.9 Å². The molecule has 98 valence electrons. The lowest BCUT2D eigenvalue weighted by molar-refractivity contribution is 0.0786. The van der Waals surface area contributed by atoms with E-state index in [0.29, 0.717) is 16.0 Å². The lowest BCUT2D eigenvalue weighted by Crippen LogP contribution is -2.28. The van der Waals surface area contributed by atoms with Crippen molar-refractivity contribution in [1.29, 1.82) is 0 Å². The summed E-state index contributed by atoms with van der Waals surface area (Å²) >= 11 is 3.11.